The second-order valence-corrected chi connectivity index (χ2v) is 6.45. The van der Waals surface area contributed by atoms with Crippen molar-refractivity contribution in [3.05, 3.63) is 68.3 Å². The van der Waals surface area contributed by atoms with Crippen LogP contribution < -0.4 is 10.9 Å². The summed E-state index contributed by atoms with van der Waals surface area (Å²) in [7, 11) is 0. The summed E-state index contributed by atoms with van der Waals surface area (Å²) < 4.78 is 14.7. The number of nitrogens with one attached hydrogen (secondary N) is 1. The predicted octanol–water partition coefficient (Wildman–Crippen LogP) is 1.63. The minimum absolute atomic E-state index is 0.0604. The predicted molar refractivity (Wildman–Crippen MR) is 87.6 cm³/mol. The van der Waals surface area contributed by atoms with Crippen LogP contribution in [0.2, 0.25) is 0 Å². The summed E-state index contributed by atoms with van der Waals surface area (Å²) in [6, 6.07) is 4.20. The van der Waals surface area contributed by atoms with Gasteiger partial charge in [-0.05, 0) is 24.6 Å². The Hall–Kier alpha value is -2.58. The maximum atomic E-state index is 13.3. The average molecular weight is 347 g/mol. The van der Waals surface area contributed by atoms with E-state index in [1.54, 1.807) is 6.20 Å². The van der Waals surface area contributed by atoms with E-state index in [9.17, 15) is 14.0 Å². The first-order valence-electron chi connectivity index (χ1n) is 7.13. The van der Waals surface area contributed by atoms with E-state index in [4.69, 9.17) is 5.11 Å². The molecule has 0 atom stereocenters. The number of hydrogen-bond donors (Lipinski definition) is 2. The minimum Gasteiger partial charge on any atom is -0.392 e. The first-order valence-corrected chi connectivity index (χ1v) is 7.95. The summed E-state index contributed by atoms with van der Waals surface area (Å²) in [6.45, 7) is 1.54. The van der Waals surface area contributed by atoms with Gasteiger partial charge in [0.2, 0.25) is 0 Å². The highest BCUT2D eigenvalue weighted by Gasteiger charge is 2.14. The molecule has 8 heteroatoms. The molecule has 124 valence electrons. The van der Waals surface area contributed by atoms with Crippen LogP contribution in [-0.2, 0) is 13.2 Å². The van der Waals surface area contributed by atoms with Gasteiger partial charge in [-0.2, -0.15) is 0 Å². The number of halogens is 1. The molecule has 2 heterocycles. The van der Waals surface area contributed by atoms with Crippen LogP contribution in [-0.4, -0.2) is 20.4 Å². The number of carbonyl (C=O) groups is 1. The van der Waals surface area contributed by atoms with Gasteiger partial charge in [0, 0.05) is 29.4 Å². The van der Waals surface area contributed by atoms with Crippen LogP contribution in [0.25, 0.3) is 4.96 Å². The van der Waals surface area contributed by atoms with Crippen LogP contribution in [0, 0.1) is 12.7 Å². The SMILES string of the molecule is Cc1cn2c(=O)c(C(=O)NCc3ccc(F)c(CO)c3)cnc2s1. The Balaban J connectivity index is 1.80. The fourth-order valence-corrected chi connectivity index (χ4v) is 3.07. The first-order chi connectivity index (χ1) is 11.5. The van der Waals surface area contributed by atoms with E-state index in [-0.39, 0.29) is 17.7 Å². The average Bonchev–Trinajstić information content (AvgIpc) is 2.95. The molecule has 0 aliphatic rings. The van der Waals surface area contributed by atoms with Crippen LogP contribution in [0.15, 0.2) is 35.4 Å². The number of thiazole rings is 1. The van der Waals surface area contributed by atoms with Gasteiger partial charge in [0.25, 0.3) is 11.5 Å². The molecule has 0 bridgehead atoms. The molecular formula is C16H14FN3O3S. The third-order valence-corrected chi connectivity index (χ3v) is 4.41. The van der Waals surface area contributed by atoms with Gasteiger partial charge in [0.05, 0.1) is 6.61 Å². The van der Waals surface area contributed by atoms with Crippen molar-refractivity contribution >= 4 is 22.2 Å². The standard InChI is InChI=1S/C16H14FN3O3S/c1-9-7-20-15(23)12(6-19-16(20)24-9)14(22)18-5-10-2-3-13(17)11(4-10)8-21/h2-4,6-7,21H,5,8H2,1H3,(H,18,22). The zero-order valence-corrected chi connectivity index (χ0v) is 13.6. The number of fused-ring (bicyclic) bond motifs is 1. The molecule has 3 aromatic rings. The van der Waals surface area contributed by atoms with Crippen LogP contribution in [0.4, 0.5) is 4.39 Å². The van der Waals surface area contributed by atoms with Crippen molar-refractivity contribution in [1.29, 1.82) is 0 Å². The third-order valence-electron chi connectivity index (χ3n) is 3.50. The first kappa shape index (κ1) is 16.3. The highest BCUT2D eigenvalue weighted by atomic mass is 32.1. The fraction of sp³-hybridized carbons (Fsp3) is 0.188. The van der Waals surface area contributed by atoms with E-state index in [2.05, 4.69) is 10.3 Å². The van der Waals surface area contributed by atoms with E-state index in [0.29, 0.717) is 10.5 Å². The Morgan fingerprint density at radius 1 is 1.46 bits per heavy atom. The smallest absolute Gasteiger partial charge is 0.271 e. The third kappa shape index (κ3) is 3.06. The molecule has 24 heavy (non-hydrogen) atoms. The van der Waals surface area contributed by atoms with Crippen molar-refractivity contribution in [2.24, 2.45) is 0 Å². The summed E-state index contributed by atoms with van der Waals surface area (Å²) in [4.78, 5) is 30.1. The lowest BCUT2D eigenvalue weighted by atomic mass is 10.1. The molecule has 2 N–H and O–H groups in total. The molecule has 0 radical (unpaired) electrons. The van der Waals surface area contributed by atoms with Crippen molar-refractivity contribution in [3.8, 4) is 0 Å². The quantitative estimate of drug-likeness (QED) is 0.751. The molecule has 2 aromatic heterocycles. The number of aryl methyl sites for hydroxylation is 1. The highest BCUT2D eigenvalue weighted by molar-refractivity contribution is 7.16. The highest BCUT2D eigenvalue weighted by Crippen LogP contribution is 2.13. The van der Waals surface area contributed by atoms with Crippen molar-refractivity contribution in [3.63, 3.8) is 0 Å². The Labute approximate surface area is 140 Å². The Morgan fingerprint density at radius 3 is 3.00 bits per heavy atom. The monoisotopic (exact) mass is 347 g/mol. The maximum absolute atomic E-state index is 13.3. The number of amides is 1. The van der Waals surface area contributed by atoms with Crippen LogP contribution in [0.3, 0.4) is 0 Å². The van der Waals surface area contributed by atoms with Crippen molar-refractivity contribution in [2.45, 2.75) is 20.1 Å². The van der Waals surface area contributed by atoms with Gasteiger partial charge in [0.1, 0.15) is 11.4 Å². The number of benzene rings is 1. The van der Waals surface area contributed by atoms with Crippen molar-refractivity contribution in [2.75, 3.05) is 0 Å². The maximum Gasteiger partial charge on any atom is 0.271 e. The van der Waals surface area contributed by atoms with Gasteiger partial charge >= 0.3 is 0 Å². The second kappa shape index (κ2) is 6.50. The van der Waals surface area contributed by atoms with Crippen molar-refractivity contribution in [1.82, 2.24) is 14.7 Å². The fourth-order valence-electron chi connectivity index (χ4n) is 2.29. The molecule has 0 fully saturated rings. The number of rotatable bonds is 4. The Bertz CT molecular complexity index is 980. The number of nitrogens with zero attached hydrogens (tertiary/aromatic N) is 2. The van der Waals surface area contributed by atoms with Gasteiger partial charge in [-0.15, -0.1) is 11.3 Å². The van der Waals surface area contributed by atoms with Crippen LogP contribution >= 0.6 is 11.3 Å². The largest absolute Gasteiger partial charge is 0.392 e. The molecule has 0 aliphatic carbocycles. The van der Waals surface area contributed by atoms with Crippen LogP contribution in [0.1, 0.15) is 26.4 Å². The van der Waals surface area contributed by atoms with E-state index >= 15 is 0 Å². The molecule has 0 saturated carbocycles. The molecule has 6 nitrogen and oxygen atoms in total. The number of hydrogen-bond acceptors (Lipinski definition) is 5. The van der Waals surface area contributed by atoms with E-state index in [1.807, 2.05) is 6.92 Å². The van der Waals surface area contributed by atoms with Gasteiger partial charge in [-0.3, -0.25) is 14.0 Å². The summed E-state index contributed by atoms with van der Waals surface area (Å²) in [5, 5.41) is 11.7. The summed E-state index contributed by atoms with van der Waals surface area (Å²) in [5.41, 5.74) is 0.278. The molecule has 0 saturated heterocycles. The van der Waals surface area contributed by atoms with E-state index in [1.165, 1.54) is 40.1 Å². The zero-order valence-electron chi connectivity index (χ0n) is 12.7. The molecule has 3 rings (SSSR count). The summed E-state index contributed by atoms with van der Waals surface area (Å²) in [6.07, 6.45) is 2.90. The number of aliphatic hydroxyl groups is 1. The van der Waals surface area contributed by atoms with Crippen LogP contribution in [0.5, 0.6) is 0 Å². The lowest BCUT2D eigenvalue weighted by Crippen LogP contribution is -2.30. The molecule has 1 aromatic carbocycles. The Kier molecular flexibility index (Phi) is 4.41. The lowest BCUT2D eigenvalue weighted by Gasteiger charge is -2.07. The van der Waals surface area contributed by atoms with Crippen molar-refractivity contribution < 1.29 is 14.3 Å². The number of aromatic nitrogens is 2. The lowest BCUT2D eigenvalue weighted by molar-refractivity contribution is 0.0949. The minimum atomic E-state index is -0.555. The number of aliphatic hydroxyl groups excluding tert-OH is 1. The molecule has 0 aliphatic heterocycles. The van der Waals surface area contributed by atoms with E-state index in [0.717, 1.165) is 4.88 Å². The van der Waals surface area contributed by atoms with Gasteiger partial charge < -0.3 is 10.4 Å². The van der Waals surface area contributed by atoms with Gasteiger partial charge in [-0.1, -0.05) is 6.07 Å². The zero-order chi connectivity index (χ0) is 17.3. The second-order valence-electron chi connectivity index (χ2n) is 5.24. The molecule has 1 amide bonds. The Morgan fingerprint density at radius 2 is 2.25 bits per heavy atom. The molecule has 0 unspecified atom stereocenters. The topological polar surface area (TPSA) is 83.7 Å². The summed E-state index contributed by atoms with van der Waals surface area (Å²) in [5.74, 6) is -1.06. The molecular weight excluding hydrogens is 333 g/mol. The number of carbonyl (C=O) groups excluding carboxylic acids is 1. The molecule has 0 spiro atoms. The summed E-state index contributed by atoms with van der Waals surface area (Å²) >= 11 is 1.36. The van der Waals surface area contributed by atoms with E-state index < -0.39 is 23.9 Å². The normalized spacial score (nSPS) is 11.0. The van der Waals surface area contributed by atoms with Gasteiger partial charge in [0.15, 0.2) is 4.96 Å². The van der Waals surface area contributed by atoms with Gasteiger partial charge in [-0.25, -0.2) is 9.37 Å².